The van der Waals surface area contributed by atoms with Crippen LogP contribution in [0.5, 0.6) is 0 Å². The van der Waals surface area contributed by atoms with Gasteiger partial charge in [-0.25, -0.2) is 13.1 Å². The first-order valence-electron chi connectivity index (χ1n) is 3.14. The zero-order chi connectivity index (χ0) is 7.61. The average molecular weight is 181 g/mol. The first kappa shape index (κ1) is 8.36. The third-order valence-corrected chi connectivity index (χ3v) is 3.88. The Kier molecular flexibility index (Phi) is 2.60. The van der Waals surface area contributed by atoms with E-state index in [1.54, 1.807) is 0 Å². The zero-order valence-corrected chi connectivity index (χ0v) is 7.46. The molecule has 0 bridgehead atoms. The second kappa shape index (κ2) is 3.11. The van der Waals surface area contributed by atoms with E-state index in [9.17, 15) is 8.42 Å². The SMILES string of the molecule is CSCNS(=O)(=O)C1CC1. The lowest BCUT2D eigenvalue weighted by atomic mass is 11.0. The molecule has 1 rings (SSSR count). The van der Waals surface area contributed by atoms with Gasteiger partial charge in [-0.05, 0) is 19.1 Å². The maximum Gasteiger partial charge on any atom is 0.215 e. The Morgan fingerprint density at radius 3 is 2.60 bits per heavy atom. The molecule has 0 radical (unpaired) electrons. The number of hydrogen-bond acceptors (Lipinski definition) is 3. The van der Waals surface area contributed by atoms with Crippen LogP contribution in [-0.4, -0.2) is 25.8 Å². The number of thioether (sulfide) groups is 1. The van der Waals surface area contributed by atoms with E-state index in [2.05, 4.69) is 4.72 Å². The monoisotopic (exact) mass is 181 g/mol. The molecular formula is C5H11NO2S2. The number of sulfonamides is 1. The van der Waals surface area contributed by atoms with Gasteiger partial charge in [0.1, 0.15) is 0 Å². The molecule has 0 aromatic heterocycles. The fourth-order valence-electron chi connectivity index (χ4n) is 0.637. The highest BCUT2D eigenvalue weighted by molar-refractivity contribution is 7.99. The van der Waals surface area contributed by atoms with Crippen molar-refractivity contribution in [1.29, 1.82) is 0 Å². The van der Waals surface area contributed by atoms with E-state index in [4.69, 9.17) is 0 Å². The van der Waals surface area contributed by atoms with Gasteiger partial charge in [-0.15, -0.1) is 11.8 Å². The predicted octanol–water partition coefficient (Wildman–Crippen LogP) is 0.389. The summed E-state index contributed by atoms with van der Waals surface area (Å²) < 4.78 is 24.6. The smallest absolute Gasteiger partial charge is 0.212 e. The Bertz CT molecular complexity index is 196. The van der Waals surface area contributed by atoms with Gasteiger partial charge in [-0.1, -0.05) is 0 Å². The molecule has 0 aliphatic heterocycles. The van der Waals surface area contributed by atoms with Crippen LogP contribution in [0, 0.1) is 0 Å². The molecule has 1 aliphatic carbocycles. The summed E-state index contributed by atoms with van der Waals surface area (Å²) in [5.74, 6) is 0.499. The number of rotatable bonds is 4. The van der Waals surface area contributed by atoms with Gasteiger partial charge in [-0.2, -0.15) is 0 Å². The van der Waals surface area contributed by atoms with Gasteiger partial charge in [0.2, 0.25) is 10.0 Å². The summed E-state index contributed by atoms with van der Waals surface area (Å²) in [6, 6.07) is 0. The maximum atomic E-state index is 11.0. The lowest BCUT2D eigenvalue weighted by Crippen LogP contribution is -2.26. The third kappa shape index (κ3) is 2.14. The van der Waals surface area contributed by atoms with E-state index in [-0.39, 0.29) is 5.25 Å². The van der Waals surface area contributed by atoms with Crippen molar-refractivity contribution in [3.8, 4) is 0 Å². The number of nitrogens with one attached hydrogen (secondary N) is 1. The standard InChI is InChI=1S/C5H11NO2S2/c1-9-4-6-10(7,8)5-2-3-5/h5-6H,2-4H2,1H3. The van der Waals surface area contributed by atoms with Gasteiger partial charge in [-0.3, -0.25) is 0 Å². The molecule has 0 aromatic rings. The summed E-state index contributed by atoms with van der Waals surface area (Å²) >= 11 is 1.48. The lowest BCUT2D eigenvalue weighted by molar-refractivity contribution is 0.586. The second-order valence-electron chi connectivity index (χ2n) is 2.32. The molecule has 1 aliphatic rings. The largest absolute Gasteiger partial charge is 0.215 e. The van der Waals surface area contributed by atoms with E-state index < -0.39 is 10.0 Å². The molecule has 0 aromatic carbocycles. The quantitative estimate of drug-likeness (QED) is 0.638. The van der Waals surface area contributed by atoms with E-state index in [0.29, 0.717) is 5.88 Å². The maximum absolute atomic E-state index is 11.0. The van der Waals surface area contributed by atoms with Crippen molar-refractivity contribution < 1.29 is 8.42 Å². The molecule has 1 N–H and O–H groups in total. The van der Waals surface area contributed by atoms with E-state index in [1.807, 2.05) is 6.26 Å². The Labute approximate surface area is 65.6 Å². The summed E-state index contributed by atoms with van der Waals surface area (Å²) in [5, 5.41) is -0.0837. The molecule has 3 nitrogen and oxygen atoms in total. The molecule has 1 saturated carbocycles. The van der Waals surface area contributed by atoms with Crippen molar-refractivity contribution in [2.75, 3.05) is 12.1 Å². The van der Waals surface area contributed by atoms with Gasteiger partial charge in [0.25, 0.3) is 0 Å². The van der Waals surface area contributed by atoms with Crippen LogP contribution in [0.15, 0.2) is 0 Å². The van der Waals surface area contributed by atoms with Crippen molar-refractivity contribution in [3.05, 3.63) is 0 Å². The molecule has 0 unspecified atom stereocenters. The molecule has 10 heavy (non-hydrogen) atoms. The van der Waals surface area contributed by atoms with Crippen molar-refractivity contribution in [2.24, 2.45) is 0 Å². The van der Waals surface area contributed by atoms with E-state index in [1.165, 1.54) is 11.8 Å². The minimum absolute atomic E-state index is 0.0837. The highest BCUT2D eigenvalue weighted by Crippen LogP contribution is 2.27. The lowest BCUT2D eigenvalue weighted by Gasteiger charge is -2.01. The second-order valence-corrected chi connectivity index (χ2v) is 5.23. The molecule has 1 fully saturated rings. The summed E-state index contributed by atoms with van der Waals surface area (Å²) in [5.41, 5.74) is 0. The van der Waals surface area contributed by atoms with Gasteiger partial charge < -0.3 is 0 Å². The molecule has 5 heteroatoms. The molecule has 0 heterocycles. The Morgan fingerprint density at radius 1 is 1.60 bits per heavy atom. The molecule has 0 atom stereocenters. The average Bonchev–Trinajstić information content (AvgIpc) is 2.64. The molecule has 0 spiro atoms. The highest BCUT2D eigenvalue weighted by atomic mass is 32.2. The van der Waals surface area contributed by atoms with Crippen LogP contribution in [0.2, 0.25) is 0 Å². The molecule has 60 valence electrons. The topological polar surface area (TPSA) is 46.2 Å². The molecular weight excluding hydrogens is 170 g/mol. The zero-order valence-electron chi connectivity index (χ0n) is 5.83. The fourth-order valence-corrected chi connectivity index (χ4v) is 2.76. The van der Waals surface area contributed by atoms with Crippen molar-refractivity contribution in [2.45, 2.75) is 18.1 Å². The van der Waals surface area contributed by atoms with Crippen LogP contribution in [0.4, 0.5) is 0 Å². The highest BCUT2D eigenvalue weighted by Gasteiger charge is 2.34. The normalized spacial score (nSPS) is 19.3. The van der Waals surface area contributed by atoms with Crippen molar-refractivity contribution in [3.63, 3.8) is 0 Å². The summed E-state index contributed by atoms with van der Waals surface area (Å²) in [6.07, 6.45) is 3.54. The first-order valence-corrected chi connectivity index (χ1v) is 6.08. The van der Waals surface area contributed by atoms with Gasteiger partial charge in [0.15, 0.2) is 0 Å². The fraction of sp³-hybridized carbons (Fsp3) is 1.00. The summed E-state index contributed by atoms with van der Waals surface area (Å²) in [6.45, 7) is 0. The minimum Gasteiger partial charge on any atom is -0.212 e. The number of hydrogen-bond donors (Lipinski definition) is 1. The molecule has 0 amide bonds. The van der Waals surface area contributed by atoms with Gasteiger partial charge in [0.05, 0.1) is 11.1 Å². The van der Waals surface area contributed by atoms with Crippen LogP contribution in [0.3, 0.4) is 0 Å². The van der Waals surface area contributed by atoms with Gasteiger partial charge >= 0.3 is 0 Å². The Balaban J connectivity index is 2.36. The third-order valence-electron chi connectivity index (χ3n) is 1.37. The predicted molar refractivity (Wildman–Crippen MR) is 43.5 cm³/mol. The van der Waals surface area contributed by atoms with E-state index in [0.717, 1.165) is 12.8 Å². The summed E-state index contributed by atoms with van der Waals surface area (Å²) in [4.78, 5) is 0. The Hall–Kier alpha value is 0.260. The van der Waals surface area contributed by atoms with Crippen molar-refractivity contribution in [1.82, 2.24) is 4.72 Å². The minimum atomic E-state index is -2.92. The van der Waals surface area contributed by atoms with Crippen molar-refractivity contribution >= 4 is 21.8 Å². The van der Waals surface area contributed by atoms with E-state index >= 15 is 0 Å². The Morgan fingerprint density at radius 2 is 2.20 bits per heavy atom. The van der Waals surface area contributed by atoms with Crippen LogP contribution in [-0.2, 0) is 10.0 Å². The van der Waals surface area contributed by atoms with Crippen LogP contribution in [0.25, 0.3) is 0 Å². The van der Waals surface area contributed by atoms with Crippen LogP contribution < -0.4 is 4.72 Å². The first-order chi connectivity index (χ1) is 4.67. The van der Waals surface area contributed by atoms with Crippen LogP contribution in [0.1, 0.15) is 12.8 Å². The van der Waals surface area contributed by atoms with Gasteiger partial charge in [0, 0.05) is 0 Å². The molecule has 0 saturated heterocycles. The summed E-state index contributed by atoms with van der Waals surface area (Å²) in [7, 11) is -2.92. The van der Waals surface area contributed by atoms with Crippen LogP contribution >= 0.6 is 11.8 Å².